The molecule has 0 saturated carbocycles. The van der Waals surface area contributed by atoms with E-state index in [1.807, 2.05) is 11.8 Å². The van der Waals surface area contributed by atoms with E-state index < -0.39 is 4.92 Å². The van der Waals surface area contributed by atoms with Crippen LogP contribution in [-0.4, -0.2) is 41.4 Å². The number of carbonyl (C=O) groups is 1. The normalized spacial score (nSPS) is 15.5. The van der Waals surface area contributed by atoms with Crippen LogP contribution in [-0.2, 0) is 0 Å². The van der Waals surface area contributed by atoms with Crippen LogP contribution in [0.3, 0.4) is 0 Å². The molecule has 1 amide bonds. The van der Waals surface area contributed by atoms with Crippen LogP contribution in [0.5, 0.6) is 0 Å². The van der Waals surface area contributed by atoms with Crippen molar-refractivity contribution in [3.8, 4) is 0 Å². The van der Waals surface area contributed by atoms with Gasteiger partial charge < -0.3 is 10.2 Å². The predicted molar refractivity (Wildman–Crippen MR) is 85.3 cm³/mol. The number of nitrogens with zero attached hydrogens (tertiary/aromatic N) is 2. The summed E-state index contributed by atoms with van der Waals surface area (Å²) < 4.78 is 0. The second-order valence-corrected chi connectivity index (χ2v) is 5.87. The van der Waals surface area contributed by atoms with Crippen molar-refractivity contribution in [1.29, 1.82) is 0 Å². The Hall–Kier alpha value is -1.66. The van der Waals surface area contributed by atoms with Gasteiger partial charge in [-0.1, -0.05) is 18.5 Å². The molecule has 1 N–H and O–H groups in total. The van der Waals surface area contributed by atoms with Gasteiger partial charge in [-0.2, -0.15) is 0 Å². The number of nitro groups is 1. The molecular weight excluding hydrogens is 306 g/mol. The fraction of sp³-hybridized carbons (Fsp3) is 0.533. The Morgan fingerprint density at radius 2 is 2.09 bits per heavy atom. The zero-order valence-electron chi connectivity index (χ0n) is 12.5. The third-order valence-electron chi connectivity index (χ3n) is 3.82. The number of rotatable bonds is 5. The number of amides is 1. The molecule has 1 aliphatic heterocycles. The fourth-order valence-corrected chi connectivity index (χ4v) is 3.01. The van der Waals surface area contributed by atoms with Gasteiger partial charge in [0.05, 0.1) is 4.92 Å². The lowest BCUT2D eigenvalue weighted by atomic mass is 10.0. The molecule has 1 aromatic rings. The SMILES string of the molecule is CCCN(C(=O)c1cc(Cl)cc([N+](=O)[O-])c1)C1CCNCC1. The number of nitrogens with one attached hydrogen (secondary N) is 1. The van der Waals surface area contributed by atoms with E-state index in [0.717, 1.165) is 32.4 Å². The molecule has 1 heterocycles. The minimum atomic E-state index is -0.530. The van der Waals surface area contributed by atoms with Gasteiger partial charge in [0.15, 0.2) is 0 Å². The molecule has 2 rings (SSSR count). The standard InChI is InChI=1S/C15H20ClN3O3/c1-2-7-18(13-3-5-17-6-4-13)15(20)11-8-12(16)10-14(9-11)19(21)22/h8-10,13,17H,2-7H2,1H3. The molecule has 0 bridgehead atoms. The zero-order chi connectivity index (χ0) is 16.1. The second-order valence-electron chi connectivity index (χ2n) is 5.43. The lowest BCUT2D eigenvalue weighted by Crippen LogP contribution is -2.46. The Kier molecular flexibility index (Phi) is 5.74. The van der Waals surface area contributed by atoms with E-state index in [2.05, 4.69) is 5.32 Å². The van der Waals surface area contributed by atoms with Crippen LogP contribution in [0.2, 0.25) is 5.02 Å². The molecule has 1 saturated heterocycles. The number of benzene rings is 1. The summed E-state index contributed by atoms with van der Waals surface area (Å²) in [4.78, 5) is 25.0. The van der Waals surface area contributed by atoms with E-state index in [1.165, 1.54) is 18.2 Å². The highest BCUT2D eigenvalue weighted by Gasteiger charge is 2.26. The van der Waals surface area contributed by atoms with Crippen molar-refractivity contribution in [3.63, 3.8) is 0 Å². The first-order valence-corrected chi connectivity index (χ1v) is 7.87. The molecule has 0 spiro atoms. The highest BCUT2D eigenvalue weighted by molar-refractivity contribution is 6.31. The van der Waals surface area contributed by atoms with Crippen LogP contribution in [0.4, 0.5) is 5.69 Å². The molecular formula is C15H20ClN3O3. The molecule has 7 heteroatoms. The topological polar surface area (TPSA) is 75.5 Å². The van der Waals surface area contributed by atoms with Crippen molar-refractivity contribution in [2.45, 2.75) is 32.2 Å². The Labute approximate surface area is 134 Å². The Morgan fingerprint density at radius 3 is 2.68 bits per heavy atom. The maximum atomic E-state index is 12.8. The zero-order valence-corrected chi connectivity index (χ0v) is 13.3. The van der Waals surface area contributed by atoms with E-state index in [9.17, 15) is 14.9 Å². The molecule has 0 radical (unpaired) electrons. The van der Waals surface area contributed by atoms with Gasteiger partial charge >= 0.3 is 0 Å². The highest BCUT2D eigenvalue weighted by Crippen LogP contribution is 2.24. The molecule has 0 atom stereocenters. The smallest absolute Gasteiger partial charge is 0.271 e. The van der Waals surface area contributed by atoms with Crippen LogP contribution in [0.15, 0.2) is 18.2 Å². The Bertz CT molecular complexity index is 559. The number of hydrogen-bond donors (Lipinski definition) is 1. The van der Waals surface area contributed by atoms with Crippen molar-refractivity contribution < 1.29 is 9.72 Å². The summed E-state index contributed by atoms with van der Waals surface area (Å²) in [5.41, 5.74) is 0.129. The first kappa shape index (κ1) is 16.7. The summed E-state index contributed by atoms with van der Waals surface area (Å²) in [6.45, 7) is 4.42. The van der Waals surface area contributed by atoms with Crippen molar-refractivity contribution >= 4 is 23.2 Å². The molecule has 22 heavy (non-hydrogen) atoms. The molecule has 1 fully saturated rings. The molecule has 6 nitrogen and oxygen atoms in total. The maximum Gasteiger partial charge on any atom is 0.271 e. The third kappa shape index (κ3) is 3.96. The number of non-ortho nitro benzene ring substituents is 1. The van der Waals surface area contributed by atoms with Crippen molar-refractivity contribution in [1.82, 2.24) is 10.2 Å². The predicted octanol–water partition coefficient (Wildman–Crippen LogP) is 2.85. The van der Waals surface area contributed by atoms with Crippen molar-refractivity contribution in [2.24, 2.45) is 0 Å². The van der Waals surface area contributed by atoms with Crippen LogP contribution in [0, 0.1) is 10.1 Å². The van der Waals surface area contributed by atoms with E-state index in [1.54, 1.807) is 0 Å². The summed E-state index contributed by atoms with van der Waals surface area (Å²) in [6, 6.07) is 4.23. The highest BCUT2D eigenvalue weighted by atomic mass is 35.5. The van der Waals surface area contributed by atoms with Crippen LogP contribution in [0.1, 0.15) is 36.5 Å². The minimum Gasteiger partial charge on any atom is -0.336 e. The number of halogens is 1. The average Bonchev–Trinajstić information content (AvgIpc) is 2.52. The quantitative estimate of drug-likeness (QED) is 0.667. The van der Waals surface area contributed by atoms with Crippen LogP contribution >= 0.6 is 11.6 Å². The first-order valence-electron chi connectivity index (χ1n) is 7.49. The summed E-state index contributed by atoms with van der Waals surface area (Å²) in [5, 5.41) is 14.4. The average molecular weight is 326 g/mol. The van der Waals surface area contributed by atoms with Gasteiger partial charge in [0.1, 0.15) is 0 Å². The van der Waals surface area contributed by atoms with Gasteiger partial charge in [-0.15, -0.1) is 0 Å². The number of nitro benzene ring substituents is 1. The van der Waals surface area contributed by atoms with Gasteiger partial charge in [0.2, 0.25) is 0 Å². The van der Waals surface area contributed by atoms with Crippen LogP contribution < -0.4 is 5.32 Å². The molecule has 0 aromatic heterocycles. The third-order valence-corrected chi connectivity index (χ3v) is 4.03. The number of hydrogen-bond acceptors (Lipinski definition) is 4. The Balaban J connectivity index is 2.27. The monoisotopic (exact) mass is 325 g/mol. The maximum absolute atomic E-state index is 12.8. The number of piperidine rings is 1. The Morgan fingerprint density at radius 1 is 1.41 bits per heavy atom. The van der Waals surface area contributed by atoms with Gasteiger partial charge in [0, 0.05) is 35.3 Å². The first-order chi connectivity index (χ1) is 10.5. The summed E-state index contributed by atoms with van der Waals surface area (Å²) >= 11 is 5.92. The molecule has 0 unspecified atom stereocenters. The molecule has 1 aromatic carbocycles. The minimum absolute atomic E-state index is 0.155. The van der Waals surface area contributed by atoms with E-state index in [4.69, 9.17) is 11.6 Å². The van der Waals surface area contributed by atoms with E-state index >= 15 is 0 Å². The molecule has 1 aliphatic rings. The van der Waals surface area contributed by atoms with Crippen LogP contribution in [0.25, 0.3) is 0 Å². The summed E-state index contributed by atoms with van der Waals surface area (Å²) in [5.74, 6) is -0.181. The second kappa shape index (κ2) is 7.56. The van der Waals surface area contributed by atoms with Gasteiger partial charge in [-0.25, -0.2) is 0 Å². The fourth-order valence-electron chi connectivity index (χ4n) is 2.78. The summed E-state index contributed by atoms with van der Waals surface area (Å²) in [7, 11) is 0. The molecule has 0 aliphatic carbocycles. The van der Waals surface area contributed by atoms with Gasteiger partial charge in [-0.3, -0.25) is 14.9 Å². The largest absolute Gasteiger partial charge is 0.336 e. The number of carbonyl (C=O) groups excluding carboxylic acids is 1. The van der Waals surface area contributed by atoms with Crippen molar-refractivity contribution in [2.75, 3.05) is 19.6 Å². The molecule has 120 valence electrons. The lowest BCUT2D eigenvalue weighted by Gasteiger charge is -2.34. The lowest BCUT2D eigenvalue weighted by molar-refractivity contribution is -0.384. The van der Waals surface area contributed by atoms with E-state index in [-0.39, 0.29) is 28.2 Å². The van der Waals surface area contributed by atoms with E-state index in [0.29, 0.717) is 6.54 Å². The van der Waals surface area contributed by atoms with Crippen molar-refractivity contribution in [3.05, 3.63) is 38.9 Å². The summed E-state index contributed by atoms with van der Waals surface area (Å²) in [6.07, 6.45) is 2.64. The van der Waals surface area contributed by atoms with Gasteiger partial charge in [0.25, 0.3) is 11.6 Å². The van der Waals surface area contributed by atoms with Gasteiger partial charge in [-0.05, 0) is 38.4 Å².